The Bertz CT molecular complexity index is 1240. The normalized spacial score (nSPS) is 18.0. The number of hydrogen-bond donors (Lipinski definition) is 1. The molecule has 0 saturated carbocycles. The molecule has 0 fully saturated rings. The van der Waals surface area contributed by atoms with Crippen LogP contribution in [-0.4, -0.2) is 37.7 Å². The zero-order valence-corrected chi connectivity index (χ0v) is 18.8. The van der Waals surface area contributed by atoms with E-state index in [2.05, 4.69) is 0 Å². The van der Waals surface area contributed by atoms with E-state index in [9.17, 15) is 14.7 Å². The van der Waals surface area contributed by atoms with Gasteiger partial charge in [-0.15, -0.1) is 0 Å². The fourth-order valence-electron chi connectivity index (χ4n) is 4.68. The number of benzene rings is 3. The van der Waals surface area contributed by atoms with Gasteiger partial charge in [0.1, 0.15) is 23.2 Å². The molecule has 1 aliphatic rings. The first-order valence-electron chi connectivity index (χ1n) is 10.8. The number of ketones is 1. The molecule has 6 heteroatoms. The van der Waals surface area contributed by atoms with Crippen molar-refractivity contribution in [2.75, 3.05) is 20.8 Å². The minimum atomic E-state index is -1.02. The molecular formula is C27H26O6. The summed E-state index contributed by atoms with van der Waals surface area (Å²) in [7, 11) is 3.08. The molecule has 0 saturated heterocycles. The molecule has 1 N–H and O–H groups in total. The number of ether oxygens (including phenoxy) is 3. The average Bonchev–Trinajstić information content (AvgIpc) is 2.82. The summed E-state index contributed by atoms with van der Waals surface area (Å²) in [4.78, 5) is 26.4. The molecule has 0 spiro atoms. The van der Waals surface area contributed by atoms with E-state index in [0.29, 0.717) is 29.1 Å². The molecule has 0 bridgehead atoms. The van der Waals surface area contributed by atoms with Crippen molar-refractivity contribution in [3.8, 4) is 17.2 Å². The van der Waals surface area contributed by atoms with Gasteiger partial charge < -0.3 is 19.3 Å². The molecule has 0 heterocycles. The van der Waals surface area contributed by atoms with Gasteiger partial charge in [-0.05, 0) is 54.0 Å². The quantitative estimate of drug-likeness (QED) is 0.429. The number of phenolic OH excluding ortho intramolecular Hbond substituents is 1. The number of fused-ring (bicyclic) bond motifs is 1. The topological polar surface area (TPSA) is 82.1 Å². The monoisotopic (exact) mass is 446 g/mol. The predicted octanol–water partition coefficient (Wildman–Crippen LogP) is 4.88. The molecule has 4 rings (SSSR count). The number of aromatic hydroxyl groups is 1. The molecule has 33 heavy (non-hydrogen) atoms. The lowest BCUT2D eigenvalue weighted by Gasteiger charge is -2.31. The minimum Gasteiger partial charge on any atom is -0.507 e. The average molecular weight is 446 g/mol. The van der Waals surface area contributed by atoms with Gasteiger partial charge in [0.2, 0.25) is 0 Å². The Labute approximate surface area is 192 Å². The van der Waals surface area contributed by atoms with Gasteiger partial charge in [0, 0.05) is 11.5 Å². The molecule has 1 aliphatic carbocycles. The first-order chi connectivity index (χ1) is 16.0. The molecule has 0 aliphatic heterocycles. The molecule has 2 unspecified atom stereocenters. The number of esters is 1. The molecule has 2 atom stereocenters. The summed E-state index contributed by atoms with van der Waals surface area (Å²) in [5, 5.41) is 12.5. The largest absolute Gasteiger partial charge is 0.507 e. The van der Waals surface area contributed by atoms with Crippen LogP contribution in [0.15, 0.2) is 60.7 Å². The zero-order valence-electron chi connectivity index (χ0n) is 18.8. The van der Waals surface area contributed by atoms with Crippen LogP contribution in [-0.2, 0) is 14.3 Å². The van der Waals surface area contributed by atoms with Crippen LogP contribution in [0.25, 0.3) is 16.3 Å². The van der Waals surface area contributed by atoms with Gasteiger partial charge in [-0.25, -0.2) is 0 Å². The number of carbonyl (C=O) groups is 2. The van der Waals surface area contributed by atoms with E-state index in [1.807, 2.05) is 36.4 Å². The Morgan fingerprint density at radius 2 is 1.76 bits per heavy atom. The smallest absolute Gasteiger partial charge is 0.317 e. The van der Waals surface area contributed by atoms with Gasteiger partial charge in [-0.2, -0.15) is 0 Å². The highest BCUT2D eigenvalue weighted by atomic mass is 16.5. The van der Waals surface area contributed by atoms with Crippen LogP contribution in [0.2, 0.25) is 0 Å². The molecule has 3 aromatic carbocycles. The highest BCUT2D eigenvalue weighted by molar-refractivity contribution is 6.11. The number of phenols is 1. The third-order valence-corrected chi connectivity index (χ3v) is 6.07. The van der Waals surface area contributed by atoms with Crippen LogP contribution in [0.5, 0.6) is 17.2 Å². The second-order valence-corrected chi connectivity index (χ2v) is 7.87. The highest BCUT2D eigenvalue weighted by Crippen LogP contribution is 2.48. The van der Waals surface area contributed by atoms with Crippen molar-refractivity contribution in [3.63, 3.8) is 0 Å². The molecular weight excluding hydrogens is 420 g/mol. The molecule has 3 aromatic rings. The summed E-state index contributed by atoms with van der Waals surface area (Å²) in [6.07, 6.45) is 1.74. The molecule has 0 aromatic heterocycles. The van der Waals surface area contributed by atoms with Gasteiger partial charge >= 0.3 is 5.97 Å². The molecule has 0 amide bonds. The second-order valence-electron chi connectivity index (χ2n) is 7.87. The van der Waals surface area contributed by atoms with Crippen LogP contribution in [0.3, 0.4) is 0 Å². The van der Waals surface area contributed by atoms with Gasteiger partial charge in [-0.1, -0.05) is 36.4 Å². The SMILES string of the molecule is CCOC(=O)C1C(=O)C=C(c2c(O)cccc2OC)CC1c1c(OC)ccc2ccccc12. The fourth-order valence-corrected chi connectivity index (χ4v) is 4.68. The lowest BCUT2D eigenvalue weighted by molar-refractivity contribution is -0.151. The first-order valence-corrected chi connectivity index (χ1v) is 10.8. The summed E-state index contributed by atoms with van der Waals surface area (Å²) >= 11 is 0. The fraction of sp³-hybridized carbons (Fsp3) is 0.259. The number of hydrogen-bond acceptors (Lipinski definition) is 6. The van der Waals surface area contributed by atoms with Gasteiger partial charge in [-0.3, -0.25) is 9.59 Å². The van der Waals surface area contributed by atoms with Gasteiger partial charge in [0.05, 0.1) is 26.4 Å². The van der Waals surface area contributed by atoms with Crippen molar-refractivity contribution < 1.29 is 28.9 Å². The zero-order chi connectivity index (χ0) is 23.5. The molecule has 0 radical (unpaired) electrons. The first kappa shape index (κ1) is 22.4. The lowest BCUT2D eigenvalue weighted by Crippen LogP contribution is -2.34. The number of methoxy groups -OCH3 is 2. The third kappa shape index (κ3) is 4.04. The maximum Gasteiger partial charge on any atom is 0.317 e. The van der Waals surface area contributed by atoms with Crippen LogP contribution in [0.4, 0.5) is 0 Å². The number of rotatable bonds is 6. The van der Waals surface area contributed by atoms with Crippen molar-refractivity contribution in [1.29, 1.82) is 0 Å². The van der Waals surface area contributed by atoms with Gasteiger partial charge in [0.25, 0.3) is 0 Å². The summed E-state index contributed by atoms with van der Waals surface area (Å²) in [5.74, 6) is -1.47. The number of allylic oxidation sites excluding steroid dienone is 2. The van der Waals surface area contributed by atoms with Gasteiger partial charge in [0.15, 0.2) is 5.78 Å². The van der Waals surface area contributed by atoms with E-state index in [1.165, 1.54) is 13.2 Å². The number of carbonyl (C=O) groups excluding carboxylic acids is 2. The lowest BCUT2D eigenvalue weighted by atomic mass is 9.72. The van der Waals surface area contributed by atoms with Crippen LogP contribution in [0, 0.1) is 5.92 Å². The predicted molar refractivity (Wildman–Crippen MR) is 126 cm³/mol. The second kappa shape index (κ2) is 9.36. The van der Waals surface area contributed by atoms with E-state index in [-0.39, 0.29) is 18.1 Å². The van der Waals surface area contributed by atoms with Crippen molar-refractivity contribution in [3.05, 3.63) is 71.8 Å². The maximum absolute atomic E-state index is 13.4. The Balaban J connectivity index is 1.95. The maximum atomic E-state index is 13.4. The third-order valence-electron chi connectivity index (χ3n) is 6.07. The van der Waals surface area contributed by atoms with Crippen LogP contribution in [0.1, 0.15) is 30.4 Å². The molecule has 6 nitrogen and oxygen atoms in total. The van der Waals surface area contributed by atoms with Crippen LogP contribution < -0.4 is 9.47 Å². The Kier molecular flexibility index (Phi) is 6.36. The Morgan fingerprint density at radius 3 is 2.48 bits per heavy atom. The summed E-state index contributed by atoms with van der Waals surface area (Å²) in [5.41, 5.74) is 1.80. The van der Waals surface area contributed by atoms with E-state index >= 15 is 0 Å². The summed E-state index contributed by atoms with van der Waals surface area (Å²) < 4.78 is 16.4. The van der Waals surface area contributed by atoms with E-state index in [4.69, 9.17) is 14.2 Å². The highest BCUT2D eigenvalue weighted by Gasteiger charge is 2.42. The Hall–Kier alpha value is -3.80. The van der Waals surface area contributed by atoms with E-state index < -0.39 is 17.8 Å². The van der Waals surface area contributed by atoms with Crippen molar-refractivity contribution in [2.45, 2.75) is 19.3 Å². The Morgan fingerprint density at radius 1 is 1.00 bits per heavy atom. The summed E-state index contributed by atoms with van der Waals surface area (Å²) in [6.45, 7) is 1.89. The summed E-state index contributed by atoms with van der Waals surface area (Å²) in [6, 6.07) is 16.5. The minimum absolute atomic E-state index is 0.00613. The molecule has 170 valence electrons. The van der Waals surface area contributed by atoms with Crippen molar-refractivity contribution in [2.24, 2.45) is 5.92 Å². The van der Waals surface area contributed by atoms with Crippen molar-refractivity contribution in [1.82, 2.24) is 0 Å². The van der Waals surface area contributed by atoms with E-state index in [0.717, 1.165) is 16.3 Å². The van der Waals surface area contributed by atoms with Crippen LogP contribution >= 0.6 is 0 Å². The van der Waals surface area contributed by atoms with E-state index in [1.54, 1.807) is 32.2 Å². The standard InChI is InChI=1S/C27H26O6/c1-4-33-27(30)26-19(25-18-9-6-5-8-16(18)12-13-23(25)32-3)14-17(15-21(26)29)24-20(28)10-7-11-22(24)31-2/h5-13,15,19,26,28H,4,14H2,1-3H3. The van der Waals surface area contributed by atoms with Crippen molar-refractivity contribution >= 4 is 28.1 Å².